The van der Waals surface area contributed by atoms with Crippen molar-refractivity contribution in [2.45, 2.75) is 6.92 Å². The van der Waals surface area contributed by atoms with E-state index in [1.54, 1.807) is 12.4 Å². The van der Waals surface area contributed by atoms with Crippen LogP contribution < -0.4 is 0 Å². The van der Waals surface area contributed by atoms with E-state index in [2.05, 4.69) is 17.6 Å². The molecule has 0 aliphatic heterocycles. The number of pyridine rings is 1. The number of nitrogens with zero attached hydrogens (tertiary/aromatic N) is 1. The number of aromatic nitrogens is 1. The van der Waals surface area contributed by atoms with Crippen molar-refractivity contribution >= 4 is 17.5 Å². The minimum absolute atomic E-state index is 0.966. The van der Waals surface area contributed by atoms with Gasteiger partial charge in [-0.1, -0.05) is 12.1 Å². The molecule has 0 atom stereocenters. The number of thiol groups is 1. The lowest BCUT2D eigenvalue weighted by Crippen LogP contribution is -1.76. The first-order chi connectivity index (χ1) is 4.84. The fourth-order valence-corrected chi connectivity index (χ4v) is 0.813. The molecule has 0 bridgehead atoms. The van der Waals surface area contributed by atoms with Gasteiger partial charge in [0, 0.05) is 22.9 Å². The van der Waals surface area contributed by atoms with Gasteiger partial charge < -0.3 is 0 Å². The van der Waals surface area contributed by atoms with Crippen molar-refractivity contribution in [2.75, 3.05) is 0 Å². The van der Waals surface area contributed by atoms with Gasteiger partial charge in [-0.3, -0.25) is 4.98 Å². The van der Waals surface area contributed by atoms with Crippen molar-refractivity contribution in [1.29, 1.82) is 0 Å². The van der Waals surface area contributed by atoms with Crippen LogP contribution in [0.3, 0.4) is 0 Å². The highest BCUT2D eigenvalue weighted by atomic mass is 32.1. The van der Waals surface area contributed by atoms with Gasteiger partial charge in [0.1, 0.15) is 0 Å². The first-order valence-electron chi connectivity index (χ1n) is 3.10. The maximum Gasteiger partial charge on any atom is 0.0351 e. The van der Waals surface area contributed by atoms with Gasteiger partial charge in [-0.15, -0.1) is 12.6 Å². The lowest BCUT2D eigenvalue weighted by Gasteiger charge is -1.95. The summed E-state index contributed by atoms with van der Waals surface area (Å²) in [7, 11) is 0. The smallest absolute Gasteiger partial charge is 0.0351 e. The molecular formula is C8H9NS. The van der Waals surface area contributed by atoms with Gasteiger partial charge in [-0.05, 0) is 13.0 Å². The highest BCUT2D eigenvalue weighted by molar-refractivity contribution is 7.90. The first kappa shape index (κ1) is 7.35. The monoisotopic (exact) mass is 151 g/mol. The van der Waals surface area contributed by atoms with Crippen LogP contribution in [0.5, 0.6) is 0 Å². The first-order valence-corrected chi connectivity index (χ1v) is 3.55. The molecule has 0 radical (unpaired) electrons. The Morgan fingerprint density at radius 3 is 3.00 bits per heavy atom. The van der Waals surface area contributed by atoms with E-state index in [9.17, 15) is 0 Å². The van der Waals surface area contributed by atoms with Crippen molar-refractivity contribution < 1.29 is 0 Å². The summed E-state index contributed by atoms with van der Waals surface area (Å²) in [6, 6.07) is 3.88. The molecule has 0 spiro atoms. The maximum absolute atomic E-state index is 4.24. The molecule has 0 saturated carbocycles. The number of hydrogen-bond donors (Lipinski definition) is 1. The zero-order chi connectivity index (χ0) is 7.40. The normalized spacial score (nSPS) is 11.6. The molecule has 1 aromatic heterocycles. The van der Waals surface area contributed by atoms with Gasteiger partial charge in [0.05, 0.1) is 0 Å². The molecule has 10 heavy (non-hydrogen) atoms. The average Bonchev–Trinajstić information content (AvgIpc) is 2.05. The molecule has 0 N–H and O–H groups in total. The van der Waals surface area contributed by atoms with E-state index in [-0.39, 0.29) is 0 Å². The lowest BCUT2D eigenvalue weighted by atomic mass is 10.2. The molecule has 1 aromatic rings. The van der Waals surface area contributed by atoms with Crippen molar-refractivity contribution in [3.63, 3.8) is 0 Å². The van der Waals surface area contributed by atoms with Crippen molar-refractivity contribution in [3.8, 4) is 0 Å². The summed E-state index contributed by atoms with van der Waals surface area (Å²) in [4.78, 5) is 4.93. The quantitative estimate of drug-likeness (QED) is 0.608. The highest BCUT2D eigenvalue weighted by Crippen LogP contribution is 2.15. The van der Waals surface area contributed by atoms with E-state index in [4.69, 9.17) is 0 Å². The van der Waals surface area contributed by atoms with Crippen LogP contribution in [0.15, 0.2) is 30.6 Å². The zero-order valence-electron chi connectivity index (χ0n) is 5.78. The Kier molecular flexibility index (Phi) is 2.51. The van der Waals surface area contributed by atoms with Crippen LogP contribution >= 0.6 is 12.6 Å². The van der Waals surface area contributed by atoms with Gasteiger partial charge in [-0.25, -0.2) is 0 Å². The molecule has 0 aliphatic carbocycles. The van der Waals surface area contributed by atoms with Crippen LogP contribution in [0.4, 0.5) is 0 Å². The average molecular weight is 151 g/mol. The summed E-state index contributed by atoms with van der Waals surface area (Å²) < 4.78 is 0. The topological polar surface area (TPSA) is 12.9 Å². The number of hydrogen-bond acceptors (Lipinski definition) is 2. The molecule has 0 fully saturated rings. The molecule has 1 rings (SSSR count). The largest absolute Gasteiger partial charge is 0.264 e. The third kappa shape index (κ3) is 1.61. The number of rotatable bonds is 1. The van der Waals surface area contributed by atoms with E-state index < -0.39 is 0 Å². The van der Waals surface area contributed by atoms with Gasteiger partial charge in [0.2, 0.25) is 0 Å². The van der Waals surface area contributed by atoms with Crippen LogP contribution in [-0.4, -0.2) is 4.98 Å². The Labute approximate surface area is 66.2 Å². The van der Waals surface area contributed by atoms with Crippen LogP contribution in [0, 0.1) is 0 Å². The second kappa shape index (κ2) is 3.42. The summed E-state index contributed by atoms with van der Waals surface area (Å²) >= 11 is 4.24. The zero-order valence-corrected chi connectivity index (χ0v) is 6.68. The standard InChI is InChI=1S/C8H9NS/c1-2-8(10)7-4-3-5-9-6-7/h2-6,10H,1H3/b8-2-. The fraction of sp³-hybridized carbons (Fsp3) is 0.125. The maximum atomic E-state index is 4.24. The molecular weight excluding hydrogens is 142 g/mol. The van der Waals surface area contributed by atoms with Gasteiger partial charge >= 0.3 is 0 Å². The summed E-state index contributed by atoms with van der Waals surface area (Å²) in [5, 5.41) is 0. The second-order valence-electron chi connectivity index (χ2n) is 1.92. The van der Waals surface area contributed by atoms with Crippen LogP contribution in [0.2, 0.25) is 0 Å². The predicted molar refractivity (Wildman–Crippen MR) is 46.9 cm³/mol. The lowest BCUT2D eigenvalue weighted by molar-refractivity contribution is 1.31. The van der Waals surface area contributed by atoms with Crippen LogP contribution in [0.1, 0.15) is 12.5 Å². The van der Waals surface area contributed by atoms with Crippen molar-refractivity contribution in [1.82, 2.24) is 4.98 Å². The molecule has 1 heterocycles. The second-order valence-corrected chi connectivity index (χ2v) is 2.40. The van der Waals surface area contributed by atoms with Crippen molar-refractivity contribution in [2.24, 2.45) is 0 Å². The molecule has 0 saturated heterocycles. The minimum atomic E-state index is 0.966. The predicted octanol–water partition coefficient (Wildman–Crippen LogP) is 2.37. The molecule has 0 aliphatic rings. The highest BCUT2D eigenvalue weighted by Gasteiger charge is 1.90. The molecule has 2 heteroatoms. The SMILES string of the molecule is C/C=C(\S)c1cccnc1. The number of allylic oxidation sites excluding steroid dienone is 1. The van der Waals surface area contributed by atoms with Crippen molar-refractivity contribution in [3.05, 3.63) is 36.2 Å². The van der Waals surface area contributed by atoms with Gasteiger partial charge in [-0.2, -0.15) is 0 Å². The fourth-order valence-electron chi connectivity index (χ4n) is 0.681. The van der Waals surface area contributed by atoms with E-state index in [1.165, 1.54) is 0 Å². The summed E-state index contributed by atoms with van der Waals surface area (Å²) in [6.45, 7) is 1.95. The Hall–Kier alpha value is -0.760. The van der Waals surface area contributed by atoms with Gasteiger partial charge in [0.15, 0.2) is 0 Å². The van der Waals surface area contributed by atoms with E-state index >= 15 is 0 Å². The third-order valence-electron chi connectivity index (χ3n) is 1.23. The van der Waals surface area contributed by atoms with Crippen LogP contribution in [-0.2, 0) is 0 Å². The Bertz CT molecular complexity index is 228. The molecule has 0 unspecified atom stereocenters. The summed E-state index contributed by atoms with van der Waals surface area (Å²) in [5.74, 6) is 0. The Morgan fingerprint density at radius 2 is 2.50 bits per heavy atom. The van der Waals surface area contributed by atoms with E-state index in [1.807, 2.05) is 25.1 Å². The Balaban J connectivity index is 2.96. The molecule has 0 amide bonds. The Morgan fingerprint density at radius 1 is 1.70 bits per heavy atom. The van der Waals surface area contributed by atoms with E-state index in [0.29, 0.717) is 0 Å². The summed E-state index contributed by atoms with van der Waals surface area (Å²) in [5.41, 5.74) is 1.06. The molecule has 52 valence electrons. The van der Waals surface area contributed by atoms with Gasteiger partial charge in [0.25, 0.3) is 0 Å². The van der Waals surface area contributed by atoms with Crippen LogP contribution in [0.25, 0.3) is 4.91 Å². The molecule has 0 aromatic carbocycles. The third-order valence-corrected chi connectivity index (χ3v) is 1.75. The molecule has 1 nitrogen and oxygen atoms in total. The summed E-state index contributed by atoms with van der Waals surface area (Å²) in [6.07, 6.45) is 5.49. The van der Waals surface area contributed by atoms with E-state index in [0.717, 1.165) is 10.5 Å². The minimum Gasteiger partial charge on any atom is -0.264 e.